The molecule has 1 atom stereocenters. The molecule has 0 bridgehead atoms. The Morgan fingerprint density at radius 3 is 3.00 bits per heavy atom. The number of rotatable bonds is 7. The number of nitrogens with zero attached hydrogens (tertiary/aromatic N) is 2. The van der Waals surface area contributed by atoms with E-state index in [0.29, 0.717) is 12.3 Å². The molecule has 0 aliphatic heterocycles. The van der Waals surface area contributed by atoms with Gasteiger partial charge in [-0.1, -0.05) is 18.7 Å². The monoisotopic (exact) mass is 247 g/mol. The standard InChI is InChI=1S/C9H17N3OS2/c1-3-4-10-5-8(13)6-14-9-11-7(2)12-15-9/h8,10,13H,3-6H2,1-2H3. The van der Waals surface area contributed by atoms with E-state index in [9.17, 15) is 5.11 Å². The second-order valence-corrected chi connectivity index (χ2v) is 5.30. The van der Waals surface area contributed by atoms with Gasteiger partial charge in [0, 0.05) is 12.3 Å². The first-order chi connectivity index (χ1) is 7.22. The largest absolute Gasteiger partial charge is 0.391 e. The summed E-state index contributed by atoms with van der Waals surface area (Å²) in [5.41, 5.74) is 0. The normalized spacial score (nSPS) is 13.0. The summed E-state index contributed by atoms with van der Waals surface area (Å²) >= 11 is 2.95. The van der Waals surface area contributed by atoms with Crippen molar-refractivity contribution in [3.05, 3.63) is 5.82 Å². The fourth-order valence-corrected chi connectivity index (χ4v) is 2.61. The summed E-state index contributed by atoms with van der Waals surface area (Å²) in [4.78, 5) is 4.22. The molecule has 0 radical (unpaired) electrons. The van der Waals surface area contributed by atoms with E-state index in [2.05, 4.69) is 21.6 Å². The lowest BCUT2D eigenvalue weighted by molar-refractivity contribution is 0.196. The van der Waals surface area contributed by atoms with E-state index in [4.69, 9.17) is 0 Å². The molecule has 86 valence electrons. The van der Waals surface area contributed by atoms with Gasteiger partial charge < -0.3 is 10.4 Å². The summed E-state index contributed by atoms with van der Waals surface area (Å²) in [5.74, 6) is 1.48. The summed E-state index contributed by atoms with van der Waals surface area (Å²) in [6.07, 6.45) is 0.779. The van der Waals surface area contributed by atoms with E-state index < -0.39 is 0 Å². The Balaban J connectivity index is 2.13. The highest BCUT2D eigenvalue weighted by molar-refractivity contribution is 8.00. The lowest BCUT2D eigenvalue weighted by atomic mass is 10.4. The highest BCUT2D eigenvalue weighted by Crippen LogP contribution is 2.20. The molecule has 2 N–H and O–H groups in total. The number of aliphatic hydroxyl groups is 1. The smallest absolute Gasteiger partial charge is 0.170 e. The van der Waals surface area contributed by atoms with Crippen LogP contribution in [0.5, 0.6) is 0 Å². The van der Waals surface area contributed by atoms with Gasteiger partial charge in [-0.2, -0.15) is 4.37 Å². The van der Waals surface area contributed by atoms with Crippen LogP contribution in [0.25, 0.3) is 0 Å². The molecule has 1 unspecified atom stereocenters. The van der Waals surface area contributed by atoms with Crippen LogP contribution in [0.3, 0.4) is 0 Å². The highest BCUT2D eigenvalue weighted by atomic mass is 32.2. The maximum Gasteiger partial charge on any atom is 0.170 e. The Hall–Kier alpha value is -0.170. The third-order valence-electron chi connectivity index (χ3n) is 1.71. The van der Waals surface area contributed by atoms with Crippen molar-refractivity contribution in [2.24, 2.45) is 0 Å². The SMILES string of the molecule is CCCNCC(O)CSc1nc(C)ns1. The number of hydrogen-bond acceptors (Lipinski definition) is 6. The maximum atomic E-state index is 9.62. The molecule has 0 amide bonds. The number of nitrogens with one attached hydrogen (secondary N) is 1. The average Bonchev–Trinajstić information content (AvgIpc) is 2.62. The predicted molar refractivity (Wildman–Crippen MR) is 64.5 cm³/mol. The minimum absolute atomic E-state index is 0.314. The molecule has 1 rings (SSSR count). The summed E-state index contributed by atoms with van der Waals surface area (Å²) in [6, 6.07) is 0. The van der Waals surface area contributed by atoms with Crippen LogP contribution in [0.1, 0.15) is 19.2 Å². The van der Waals surface area contributed by atoms with Crippen LogP contribution in [0.4, 0.5) is 0 Å². The second-order valence-electron chi connectivity index (χ2n) is 3.28. The summed E-state index contributed by atoms with van der Waals surface area (Å²) in [6.45, 7) is 5.59. The molecule has 0 aromatic carbocycles. The minimum Gasteiger partial charge on any atom is -0.391 e. The van der Waals surface area contributed by atoms with Crippen molar-refractivity contribution < 1.29 is 5.11 Å². The molecular formula is C9H17N3OS2. The lowest BCUT2D eigenvalue weighted by Gasteiger charge is -2.09. The van der Waals surface area contributed by atoms with Crippen LogP contribution in [0.15, 0.2) is 4.34 Å². The number of aromatic nitrogens is 2. The third kappa shape index (κ3) is 5.46. The van der Waals surface area contributed by atoms with E-state index in [1.54, 1.807) is 11.8 Å². The molecule has 15 heavy (non-hydrogen) atoms. The first kappa shape index (κ1) is 12.9. The first-order valence-electron chi connectivity index (χ1n) is 5.04. The number of aryl methyl sites for hydroxylation is 1. The van der Waals surface area contributed by atoms with Crippen molar-refractivity contribution in [2.45, 2.75) is 30.7 Å². The molecule has 0 aliphatic rings. The van der Waals surface area contributed by atoms with Gasteiger partial charge >= 0.3 is 0 Å². The zero-order valence-electron chi connectivity index (χ0n) is 9.06. The molecule has 1 aromatic heterocycles. The zero-order valence-corrected chi connectivity index (χ0v) is 10.7. The topological polar surface area (TPSA) is 58.0 Å². The van der Waals surface area contributed by atoms with Crippen molar-refractivity contribution in [3.63, 3.8) is 0 Å². The Kier molecular flexibility index (Phi) is 6.16. The second kappa shape index (κ2) is 7.16. The van der Waals surface area contributed by atoms with Gasteiger partial charge in [0.2, 0.25) is 0 Å². The van der Waals surface area contributed by atoms with Crippen LogP contribution in [0.2, 0.25) is 0 Å². The molecule has 1 aromatic rings. The first-order valence-corrected chi connectivity index (χ1v) is 6.80. The van der Waals surface area contributed by atoms with Gasteiger partial charge in [-0.25, -0.2) is 4.98 Å². The van der Waals surface area contributed by atoms with Crippen molar-refractivity contribution >= 4 is 23.3 Å². The molecule has 0 saturated carbocycles. The van der Waals surface area contributed by atoms with Gasteiger partial charge in [0.15, 0.2) is 4.34 Å². The molecule has 0 aliphatic carbocycles. The highest BCUT2D eigenvalue weighted by Gasteiger charge is 2.06. The van der Waals surface area contributed by atoms with E-state index in [1.165, 1.54) is 11.5 Å². The van der Waals surface area contributed by atoms with Crippen LogP contribution in [-0.4, -0.2) is 39.4 Å². The van der Waals surface area contributed by atoms with Crippen molar-refractivity contribution in [3.8, 4) is 0 Å². The van der Waals surface area contributed by atoms with Gasteiger partial charge in [0.1, 0.15) is 5.82 Å². The molecule has 1 heterocycles. The average molecular weight is 247 g/mol. The quantitative estimate of drug-likeness (QED) is 0.562. The minimum atomic E-state index is -0.314. The fraction of sp³-hybridized carbons (Fsp3) is 0.778. The molecule has 0 fully saturated rings. The van der Waals surface area contributed by atoms with E-state index in [0.717, 1.165) is 23.1 Å². The van der Waals surface area contributed by atoms with Gasteiger partial charge in [0.05, 0.1) is 6.10 Å². The van der Waals surface area contributed by atoms with Crippen molar-refractivity contribution in [2.75, 3.05) is 18.8 Å². The number of thioether (sulfide) groups is 1. The Bertz CT molecular complexity index is 280. The van der Waals surface area contributed by atoms with E-state index in [1.807, 2.05) is 6.92 Å². The third-order valence-corrected chi connectivity index (χ3v) is 3.78. The molecule has 4 nitrogen and oxygen atoms in total. The number of aliphatic hydroxyl groups excluding tert-OH is 1. The zero-order chi connectivity index (χ0) is 11.1. The summed E-state index contributed by atoms with van der Waals surface area (Å²) in [7, 11) is 0. The van der Waals surface area contributed by atoms with Crippen molar-refractivity contribution in [1.82, 2.24) is 14.7 Å². The Morgan fingerprint density at radius 1 is 1.60 bits per heavy atom. The van der Waals surface area contributed by atoms with Crippen LogP contribution in [0, 0.1) is 6.92 Å². The summed E-state index contributed by atoms with van der Waals surface area (Å²) in [5, 5.41) is 12.8. The van der Waals surface area contributed by atoms with Crippen LogP contribution in [-0.2, 0) is 0 Å². The van der Waals surface area contributed by atoms with Gasteiger partial charge in [-0.05, 0) is 31.4 Å². The molecule has 0 saturated heterocycles. The van der Waals surface area contributed by atoms with E-state index in [-0.39, 0.29) is 6.10 Å². The predicted octanol–water partition coefficient (Wildman–Crippen LogP) is 1.30. The van der Waals surface area contributed by atoms with Crippen molar-refractivity contribution in [1.29, 1.82) is 0 Å². The van der Waals surface area contributed by atoms with E-state index >= 15 is 0 Å². The lowest BCUT2D eigenvalue weighted by Crippen LogP contribution is -2.28. The van der Waals surface area contributed by atoms with Gasteiger partial charge in [-0.15, -0.1) is 0 Å². The van der Waals surface area contributed by atoms with Crippen LogP contribution >= 0.6 is 23.3 Å². The Labute approximate surface area is 98.7 Å². The number of hydrogen-bond donors (Lipinski definition) is 2. The Morgan fingerprint density at radius 2 is 2.40 bits per heavy atom. The van der Waals surface area contributed by atoms with Crippen LogP contribution < -0.4 is 5.32 Å². The van der Waals surface area contributed by atoms with Gasteiger partial charge in [-0.3, -0.25) is 0 Å². The molecule has 0 spiro atoms. The maximum absolute atomic E-state index is 9.62. The molecular weight excluding hydrogens is 230 g/mol. The fourth-order valence-electron chi connectivity index (χ4n) is 1.01. The summed E-state index contributed by atoms with van der Waals surface area (Å²) < 4.78 is 5.01. The molecule has 6 heteroatoms. The van der Waals surface area contributed by atoms with Gasteiger partial charge in [0.25, 0.3) is 0 Å².